The van der Waals surface area contributed by atoms with Crippen molar-refractivity contribution in [3.8, 4) is 0 Å². The second-order valence-electron chi connectivity index (χ2n) is 6.65. The highest BCUT2D eigenvalue weighted by atomic mass is 32.1. The van der Waals surface area contributed by atoms with Crippen LogP contribution in [0, 0.1) is 0 Å². The molecule has 1 aromatic heterocycles. The second kappa shape index (κ2) is 8.85. The Balaban J connectivity index is 1.62. The van der Waals surface area contributed by atoms with Crippen LogP contribution in [-0.4, -0.2) is 29.4 Å². The van der Waals surface area contributed by atoms with Crippen molar-refractivity contribution in [3.05, 3.63) is 46.7 Å². The van der Waals surface area contributed by atoms with E-state index in [0.29, 0.717) is 11.4 Å². The average molecular weight is 372 g/mol. The Hall–Kier alpha value is -2.34. The standard InChI is InChI=1S/C20H25N3O2S/c1-15(24)21-16-6-4-7-17(14-16)22-20(25)23-12-3-2-8-18(23)10-11-19-9-5-13-26-19/h4-7,9,13-14,18H,2-3,8,10-12H2,1H3,(H,21,24)(H,22,25). The molecule has 1 aliphatic rings. The van der Waals surface area contributed by atoms with Gasteiger partial charge in [0.1, 0.15) is 0 Å². The maximum absolute atomic E-state index is 12.8. The fraction of sp³-hybridized carbons (Fsp3) is 0.400. The smallest absolute Gasteiger partial charge is 0.322 e. The van der Waals surface area contributed by atoms with E-state index in [1.165, 1.54) is 18.2 Å². The van der Waals surface area contributed by atoms with Crippen molar-refractivity contribution in [1.82, 2.24) is 4.90 Å². The van der Waals surface area contributed by atoms with E-state index >= 15 is 0 Å². The third-order valence-electron chi connectivity index (χ3n) is 4.63. The molecule has 1 aliphatic heterocycles. The SMILES string of the molecule is CC(=O)Nc1cccc(NC(=O)N2CCCCC2CCc2cccs2)c1. The minimum absolute atomic E-state index is 0.0548. The Labute approximate surface area is 158 Å². The van der Waals surface area contributed by atoms with Crippen LogP contribution in [0.3, 0.4) is 0 Å². The number of thiophene rings is 1. The number of nitrogens with zero attached hydrogens (tertiary/aromatic N) is 1. The van der Waals surface area contributed by atoms with Gasteiger partial charge in [-0.3, -0.25) is 4.79 Å². The molecule has 3 amide bonds. The lowest BCUT2D eigenvalue weighted by Gasteiger charge is -2.35. The highest BCUT2D eigenvalue weighted by Gasteiger charge is 2.26. The third kappa shape index (κ3) is 5.08. The summed E-state index contributed by atoms with van der Waals surface area (Å²) in [5.41, 5.74) is 1.38. The number of nitrogens with one attached hydrogen (secondary N) is 2. The molecule has 138 valence electrons. The largest absolute Gasteiger partial charge is 0.326 e. The summed E-state index contributed by atoms with van der Waals surface area (Å²) in [7, 11) is 0. The zero-order valence-electron chi connectivity index (χ0n) is 15.0. The number of anilines is 2. The van der Waals surface area contributed by atoms with Crippen LogP contribution < -0.4 is 10.6 Å². The van der Waals surface area contributed by atoms with E-state index in [2.05, 4.69) is 28.1 Å². The molecule has 1 fully saturated rings. The minimum atomic E-state index is -0.127. The molecule has 26 heavy (non-hydrogen) atoms. The molecule has 0 saturated carbocycles. The molecule has 0 aliphatic carbocycles. The molecule has 1 unspecified atom stereocenters. The van der Waals surface area contributed by atoms with Gasteiger partial charge >= 0.3 is 6.03 Å². The molecular weight excluding hydrogens is 346 g/mol. The molecule has 2 aromatic rings. The molecule has 6 heteroatoms. The predicted octanol–water partition coefficient (Wildman–Crippen LogP) is 4.73. The van der Waals surface area contributed by atoms with E-state index in [1.54, 1.807) is 17.4 Å². The van der Waals surface area contributed by atoms with Crippen LogP contribution in [-0.2, 0) is 11.2 Å². The predicted molar refractivity (Wildman–Crippen MR) is 107 cm³/mol. The molecular formula is C20H25N3O2S. The highest BCUT2D eigenvalue weighted by Crippen LogP contribution is 2.24. The lowest BCUT2D eigenvalue weighted by atomic mass is 9.98. The van der Waals surface area contributed by atoms with Gasteiger partial charge in [-0.1, -0.05) is 12.1 Å². The van der Waals surface area contributed by atoms with Crippen molar-refractivity contribution in [2.24, 2.45) is 0 Å². The van der Waals surface area contributed by atoms with Gasteiger partial charge in [-0.05, 0) is 61.7 Å². The number of rotatable bonds is 5. The first-order valence-corrected chi connectivity index (χ1v) is 9.97. The number of hydrogen-bond donors (Lipinski definition) is 2. The van der Waals surface area contributed by atoms with Gasteiger partial charge in [0.2, 0.25) is 5.91 Å². The van der Waals surface area contributed by atoms with Gasteiger partial charge < -0.3 is 15.5 Å². The van der Waals surface area contributed by atoms with E-state index in [1.807, 2.05) is 23.1 Å². The van der Waals surface area contributed by atoms with Crippen LogP contribution in [0.15, 0.2) is 41.8 Å². The van der Waals surface area contributed by atoms with Crippen molar-refractivity contribution in [2.75, 3.05) is 17.2 Å². The summed E-state index contributed by atoms with van der Waals surface area (Å²) in [5.74, 6) is -0.127. The van der Waals surface area contributed by atoms with Gasteiger partial charge in [-0.2, -0.15) is 0 Å². The first kappa shape index (κ1) is 18.5. The molecule has 5 nitrogen and oxygen atoms in total. The first-order chi connectivity index (χ1) is 12.6. The van der Waals surface area contributed by atoms with Gasteiger partial charge in [-0.25, -0.2) is 4.79 Å². The number of piperidine rings is 1. The third-order valence-corrected chi connectivity index (χ3v) is 5.56. The van der Waals surface area contributed by atoms with Gasteiger partial charge in [0.15, 0.2) is 0 Å². The molecule has 0 spiro atoms. The normalized spacial score (nSPS) is 17.0. The van der Waals surface area contributed by atoms with E-state index in [9.17, 15) is 9.59 Å². The van der Waals surface area contributed by atoms with Crippen LogP contribution in [0.1, 0.15) is 37.5 Å². The Bertz CT molecular complexity index is 745. The topological polar surface area (TPSA) is 61.4 Å². The monoisotopic (exact) mass is 371 g/mol. The second-order valence-corrected chi connectivity index (χ2v) is 7.69. The van der Waals surface area contributed by atoms with Crippen molar-refractivity contribution < 1.29 is 9.59 Å². The molecule has 0 bridgehead atoms. The maximum atomic E-state index is 12.8. The average Bonchev–Trinajstić information content (AvgIpc) is 3.13. The van der Waals surface area contributed by atoms with Crippen LogP contribution in [0.4, 0.5) is 16.2 Å². The van der Waals surface area contributed by atoms with Crippen LogP contribution in [0.5, 0.6) is 0 Å². The Kier molecular flexibility index (Phi) is 6.28. The zero-order chi connectivity index (χ0) is 18.4. The summed E-state index contributed by atoms with van der Waals surface area (Å²) in [5, 5.41) is 7.83. The summed E-state index contributed by atoms with van der Waals surface area (Å²) in [6, 6.07) is 11.7. The van der Waals surface area contributed by atoms with Crippen LogP contribution in [0.2, 0.25) is 0 Å². The van der Waals surface area contributed by atoms with Crippen molar-refractivity contribution in [3.63, 3.8) is 0 Å². The van der Waals surface area contributed by atoms with E-state index in [-0.39, 0.29) is 18.0 Å². The lowest BCUT2D eigenvalue weighted by Crippen LogP contribution is -2.46. The number of amides is 3. The molecule has 3 rings (SSSR count). The zero-order valence-corrected chi connectivity index (χ0v) is 15.8. The number of hydrogen-bond acceptors (Lipinski definition) is 3. The number of carbonyl (C=O) groups is 2. The molecule has 2 N–H and O–H groups in total. The minimum Gasteiger partial charge on any atom is -0.326 e. The van der Waals surface area contributed by atoms with Crippen molar-refractivity contribution in [1.29, 1.82) is 0 Å². The van der Waals surface area contributed by atoms with Gasteiger partial charge in [-0.15, -0.1) is 11.3 Å². The molecule has 0 radical (unpaired) electrons. The molecule has 1 atom stereocenters. The summed E-state index contributed by atoms with van der Waals surface area (Å²) in [6.45, 7) is 2.27. The van der Waals surface area contributed by atoms with E-state index < -0.39 is 0 Å². The van der Waals surface area contributed by atoms with Gasteiger partial charge in [0, 0.05) is 35.8 Å². The van der Waals surface area contributed by atoms with Crippen molar-refractivity contribution in [2.45, 2.75) is 45.1 Å². The lowest BCUT2D eigenvalue weighted by molar-refractivity contribution is -0.114. The molecule has 2 heterocycles. The maximum Gasteiger partial charge on any atom is 0.322 e. The van der Waals surface area contributed by atoms with E-state index in [0.717, 1.165) is 32.2 Å². The molecule has 1 aromatic carbocycles. The van der Waals surface area contributed by atoms with Gasteiger partial charge in [0.25, 0.3) is 0 Å². The Morgan fingerprint density at radius 3 is 2.69 bits per heavy atom. The summed E-state index contributed by atoms with van der Waals surface area (Å²) >= 11 is 1.78. The Morgan fingerprint density at radius 1 is 1.15 bits per heavy atom. The number of likely N-dealkylation sites (tertiary alicyclic amines) is 1. The summed E-state index contributed by atoms with van der Waals surface area (Å²) in [6.07, 6.45) is 5.31. The highest BCUT2D eigenvalue weighted by molar-refractivity contribution is 7.09. The van der Waals surface area contributed by atoms with Crippen LogP contribution >= 0.6 is 11.3 Å². The quantitative estimate of drug-likeness (QED) is 0.798. The van der Waals surface area contributed by atoms with Crippen LogP contribution in [0.25, 0.3) is 0 Å². The number of aryl methyl sites for hydroxylation is 1. The Morgan fingerprint density at radius 2 is 1.96 bits per heavy atom. The number of carbonyl (C=O) groups excluding carboxylic acids is 2. The number of urea groups is 1. The fourth-order valence-corrected chi connectivity index (χ4v) is 4.13. The van der Waals surface area contributed by atoms with Crippen molar-refractivity contribution >= 4 is 34.6 Å². The summed E-state index contributed by atoms with van der Waals surface area (Å²) < 4.78 is 0. The first-order valence-electron chi connectivity index (χ1n) is 9.09. The summed E-state index contributed by atoms with van der Waals surface area (Å²) in [4.78, 5) is 27.4. The van der Waals surface area contributed by atoms with E-state index in [4.69, 9.17) is 0 Å². The van der Waals surface area contributed by atoms with Gasteiger partial charge in [0.05, 0.1) is 0 Å². The molecule has 1 saturated heterocycles. The fourth-order valence-electron chi connectivity index (χ4n) is 3.41. The number of benzene rings is 1.